The van der Waals surface area contributed by atoms with Crippen LogP contribution in [0.25, 0.3) is 0 Å². The molecule has 0 aromatic rings. The van der Waals surface area contributed by atoms with Crippen molar-refractivity contribution in [2.24, 2.45) is 11.7 Å². The second-order valence-electron chi connectivity index (χ2n) is 5.31. The molecule has 0 heterocycles. The largest absolute Gasteiger partial charge is 0.328 e. The summed E-state index contributed by atoms with van der Waals surface area (Å²) in [5.74, 6) is 0.863. The van der Waals surface area contributed by atoms with E-state index in [1.165, 1.54) is 44.7 Å². The van der Waals surface area contributed by atoms with Crippen LogP contribution in [0, 0.1) is 5.92 Å². The zero-order chi connectivity index (χ0) is 12.4. The molecule has 0 spiro atoms. The first-order valence-corrected chi connectivity index (χ1v) is 7.84. The highest BCUT2D eigenvalue weighted by Crippen LogP contribution is 2.18. The lowest BCUT2D eigenvalue weighted by atomic mass is 9.96. The molecule has 0 aliphatic rings. The van der Waals surface area contributed by atoms with Gasteiger partial charge in [0.1, 0.15) is 0 Å². The van der Waals surface area contributed by atoms with Crippen LogP contribution in [0.5, 0.6) is 0 Å². The van der Waals surface area contributed by atoms with Gasteiger partial charge in [-0.2, -0.15) is 0 Å². The molecule has 0 rings (SSSR count). The molecule has 0 radical (unpaired) electrons. The smallest absolute Gasteiger partial charge is 0.00105 e. The van der Waals surface area contributed by atoms with Crippen LogP contribution in [0.3, 0.4) is 0 Å². The van der Waals surface area contributed by atoms with E-state index < -0.39 is 0 Å². The Morgan fingerprint density at radius 3 is 2.25 bits per heavy atom. The lowest BCUT2D eigenvalue weighted by Crippen LogP contribution is -2.15. The first-order valence-electron chi connectivity index (χ1n) is 6.68. The molecule has 3 unspecified atom stereocenters. The summed E-state index contributed by atoms with van der Waals surface area (Å²) < 4.78 is 2.30. The van der Waals surface area contributed by atoms with Gasteiger partial charge in [0.25, 0.3) is 0 Å². The van der Waals surface area contributed by atoms with Crippen LogP contribution >= 0.6 is 8.73 Å². The fraction of sp³-hybridized carbons (Fsp3) is 1.00. The Morgan fingerprint density at radius 1 is 1.00 bits per heavy atom. The number of hydrogen-bond donors (Lipinski definition) is 1. The highest BCUT2D eigenvalue weighted by atomic mass is 31.1. The van der Waals surface area contributed by atoms with Crippen molar-refractivity contribution in [2.45, 2.75) is 58.4 Å². The molecule has 0 saturated carbocycles. The van der Waals surface area contributed by atoms with Crippen molar-refractivity contribution in [2.75, 3.05) is 20.3 Å². The van der Waals surface area contributed by atoms with Gasteiger partial charge in [0.05, 0.1) is 0 Å². The van der Waals surface area contributed by atoms with Gasteiger partial charge in [-0.25, -0.2) is 0 Å². The van der Waals surface area contributed by atoms with Crippen molar-refractivity contribution < 1.29 is 0 Å². The zero-order valence-electron chi connectivity index (χ0n) is 11.6. The van der Waals surface area contributed by atoms with Gasteiger partial charge in [0.15, 0.2) is 0 Å². The molecule has 0 aliphatic heterocycles. The van der Waals surface area contributed by atoms with Gasteiger partial charge in [-0.05, 0) is 52.4 Å². The van der Waals surface area contributed by atoms with Gasteiger partial charge in [-0.15, -0.1) is 0 Å². The summed E-state index contributed by atoms with van der Waals surface area (Å²) in [4.78, 5) is 0. The van der Waals surface area contributed by atoms with E-state index in [-0.39, 0.29) is 0 Å². The predicted octanol–water partition coefficient (Wildman–Crippen LogP) is 3.47. The van der Waals surface area contributed by atoms with Crippen molar-refractivity contribution >= 4 is 8.73 Å². The Morgan fingerprint density at radius 2 is 1.69 bits per heavy atom. The van der Waals surface area contributed by atoms with Gasteiger partial charge < -0.3 is 5.73 Å². The number of nitrogens with zero attached hydrogens (tertiary/aromatic N) is 1. The number of nitrogens with two attached hydrogens (primary N) is 1. The van der Waals surface area contributed by atoms with Crippen LogP contribution in [-0.2, 0) is 0 Å². The van der Waals surface area contributed by atoms with Gasteiger partial charge in [-0.3, -0.25) is 4.67 Å². The van der Waals surface area contributed by atoms with Crippen molar-refractivity contribution in [3.63, 3.8) is 0 Å². The molecule has 98 valence electrons. The second kappa shape index (κ2) is 10.5. The van der Waals surface area contributed by atoms with Crippen molar-refractivity contribution in [3.05, 3.63) is 0 Å². The highest BCUT2D eigenvalue weighted by Gasteiger charge is 2.03. The summed E-state index contributed by atoms with van der Waals surface area (Å²) >= 11 is 0. The summed E-state index contributed by atoms with van der Waals surface area (Å²) in [6.07, 6.45) is 9.46. The Bertz CT molecular complexity index is 149. The first-order chi connectivity index (χ1) is 7.52. The number of rotatable bonds is 10. The van der Waals surface area contributed by atoms with E-state index >= 15 is 0 Å². The van der Waals surface area contributed by atoms with E-state index in [4.69, 9.17) is 5.73 Å². The molecule has 0 aromatic heterocycles. The maximum absolute atomic E-state index is 5.76. The van der Waals surface area contributed by atoms with Crippen LogP contribution < -0.4 is 5.73 Å². The molecular weight excluding hydrogens is 215 g/mol. The second-order valence-corrected chi connectivity index (χ2v) is 7.02. The molecule has 0 fully saturated rings. The van der Waals surface area contributed by atoms with Crippen molar-refractivity contribution in [1.82, 2.24) is 4.67 Å². The van der Waals surface area contributed by atoms with Crippen LogP contribution in [0.2, 0.25) is 0 Å². The number of hydrogen-bond acceptors (Lipinski definition) is 2. The van der Waals surface area contributed by atoms with Gasteiger partial charge in [0.2, 0.25) is 0 Å². The average Bonchev–Trinajstić information content (AvgIpc) is 2.19. The van der Waals surface area contributed by atoms with Crippen molar-refractivity contribution in [1.29, 1.82) is 0 Å². The maximum atomic E-state index is 5.76. The van der Waals surface area contributed by atoms with Gasteiger partial charge in [-0.1, -0.05) is 34.9 Å². The molecular formula is C13H31N2P. The summed E-state index contributed by atoms with van der Waals surface area (Å²) in [6.45, 7) is 4.47. The summed E-state index contributed by atoms with van der Waals surface area (Å²) in [7, 11) is 5.33. The van der Waals surface area contributed by atoms with Crippen LogP contribution in [-0.4, -0.2) is 31.0 Å². The molecule has 0 saturated heterocycles. The van der Waals surface area contributed by atoms with E-state index in [9.17, 15) is 0 Å². The first kappa shape index (κ1) is 16.4. The lowest BCUT2D eigenvalue weighted by Gasteiger charge is -2.13. The topological polar surface area (TPSA) is 29.3 Å². The molecule has 3 heteroatoms. The molecule has 0 bridgehead atoms. The summed E-state index contributed by atoms with van der Waals surface area (Å²) in [6, 6.07) is 0.378. The van der Waals surface area contributed by atoms with Crippen LogP contribution in [0.4, 0.5) is 0 Å². The molecule has 0 amide bonds. The van der Waals surface area contributed by atoms with Gasteiger partial charge >= 0.3 is 0 Å². The van der Waals surface area contributed by atoms with Crippen LogP contribution in [0.15, 0.2) is 0 Å². The highest BCUT2D eigenvalue weighted by molar-refractivity contribution is 7.35. The third-order valence-electron chi connectivity index (χ3n) is 2.92. The zero-order valence-corrected chi connectivity index (χ0v) is 12.6. The monoisotopic (exact) mass is 246 g/mol. The van der Waals surface area contributed by atoms with Gasteiger partial charge in [0, 0.05) is 6.04 Å². The summed E-state index contributed by atoms with van der Waals surface area (Å²) in [5, 5.41) is 0. The van der Waals surface area contributed by atoms with E-state index in [2.05, 4.69) is 32.6 Å². The molecule has 0 aromatic carbocycles. The molecule has 2 N–H and O–H groups in total. The standard InChI is InChI=1S/C13H31N2P/c1-12(9-10-13(2)14)8-6-5-7-11-16-15(3)4/h12-13,16H,5-11,14H2,1-4H3. The molecule has 16 heavy (non-hydrogen) atoms. The fourth-order valence-electron chi connectivity index (χ4n) is 1.79. The normalized spacial score (nSPS) is 16.1. The van der Waals surface area contributed by atoms with E-state index in [0.29, 0.717) is 6.04 Å². The Hall–Kier alpha value is 0.350. The predicted molar refractivity (Wildman–Crippen MR) is 77.4 cm³/mol. The van der Waals surface area contributed by atoms with E-state index in [0.717, 1.165) is 14.6 Å². The molecule has 3 atom stereocenters. The maximum Gasteiger partial charge on any atom is 0.00105 e. The Labute approximate surface area is 104 Å². The SMILES string of the molecule is CC(N)CCC(C)CCCCCPN(C)C. The minimum atomic E-state index is 0.378. The minimum Gasteiger partial charge on any atom is -0.328 e. The molecule has 2 nitrogen and oxygen atoms in total. The van der Waals surface area contributed by atoms with Crippen LogP contribution in [0.1, 0.15) is 52.4 Å². The van der Waals surface area contributed by atoms with E-state index in [1.54, 1.807) is 0 Å². The lowest BCUT2D eigenvalue weighted by molar-refractivity contribution is 0.433. The number of unbranched alkanes of at least 4 members (excludes halogenated alkanes) is 2. The summed E-state index contributed by atoms with van der Waals surface area (Å²) in [5.41, 5.74) is 5.76. The third kappa shape index (κ3) is 12.4. The fourth-order valence-corrected chi connectivity index (χ4v) is 2.64. The average molecular weight is 246 g/mol. The third-order valence-corrected chi connectivity index (χ3v) is 4.13. The van der Waals surface area contributed by atoms with E-state index in [1.807, 2.05) is 0 Å². The Kier molecular flexibility index (Phi) is 10.7. The Balaban J connectivity index is 3.18. The quantitative estimate of drug-likeness (QED) is 0.472. The molecule has 0 aliphatic carbocycles. The van der Waals surface area contributed by atoms with Crippen molar-refractivity contribution in [3.8, 4) is 0 Å². The minimum absolute atomic E-state index is 0.378.